The molecule has 0 spiro atoms. The summed E-state index contributed by atoms with van der Waals surface area (Å²) in [5.41, 5.74) is 1.07. The normalized spacial score (nSPS) is 22.2. The number of carbonyl (C=O) groups excluding carboxylic acids is 3. The molecule has 1 aliphatic heterocycles. The van der Waals surface area contributed by atoms with Crippen LogP contribution in [0.4, 0.5) is 5.69 Å². The minimum atomic E-state index is -0.380. The third-order valence-electron chi connectivity index (χ3n) is 4.78. The highest BCUT2D eigenvalue weighted by molar-refractivity contribution is 6.00. The molecule has 6 heteroatoms. The van der Waals surface area contributed by atoms with Gasteiger partial charge in [0.25, 0.3) is 0 Å². The highest BCUT2D eigenvalue weighted by Crippen LogP contribution is 2.41. The molecule has 0 radical (unpaired) electrons. The van der Waals surface area contributed by atoms with E-state index < -0.39 is 0 Å². The molecule has 1 heterocycles. The zero-order valence-electron chi connectivity index (χ0n) is 14.5. The van der Waals surface area contributed by atoms with Gasteiger partial charge in [-0.25, -0.2) is 4.79 Å². The quantitative estimate of drug-likeness (QED) is 0.833. The zero-order chi connectivity index (χ0) is 17.8. The van der Waals surface area contributed by atoms with E-state index >= 15 is 0 Å². The number of piperidine rings is 1. The second kappa shape index (κ2) is 7.68. The van der Waals surface area contributed by atoms with E-state index in [0.29, 0.717) is 24.3 Å². The number of rotatable bonds is 5. The van der Waals surface area contributed by atoms with E-state index in [0.717, 1.165) is 25.9 Å². The Morgan fingerprint density at radius 1 is 1.08 bits per heavy atom. The Kier molecular flexibility index (Phi) is 5.36. The van der Waals surface area contributed by atoms with Crippen LogP contribution in [0.1, 0.15) is 43.0 Å². The first-order valence-corrected chi connectivity index (χ1v) is 8.97. The van der Waals surface area contributed by atoms with E-state index in [-0.39, 0.29) is 29.6 Å². The third-order valence-corrected chi connectivity index (χ3v) is 4.78. The summed E-state index contributed by atoms with van der Waals surface area (Å²) in [4.78, 5) is 38.2. The second-order valence-electron chi connectivity index (χ2n) is 6.62. The number of ether oxygens (including phenoxy) is 1. The van der Waals surface area contributed by atoms with Crippen LogP contribution in [-0.4, -0.2) is 42.4 Å². The van der Waals surface area contributed by atoms with Crippen molar-refractivity contribution in [2.45, 2.75) is 32.6 Å². The Bertz CT molecular complexity index is 650. The van der Waals surface area contributed by atoms with E-state index in [1.807, 2.05) is 4.90 Å². The summed E-state index contributed by atoms with van der Waals surface area (Å²) in [6.45, 7) is 3.72. The predicted octanol–water partition coefficient (Wildman–Crippen LogP) is 2.45. The van der Waals surface area contributed by atoms with Crippen molar-refractivity contribution in [3.63, 3.8) is 0 Å². The van der Waals surface area contributed by atoms with E-state index in [9.17, 15) is 14.4 Å². The van der Waals surface area contributed by atoms with Crippen molar-refractivity contribution in [2.24, 2.45) is 11.8 Å². The van der Waals surface area contributed by atoms with Gasteiger partial charge in [-0.3, -0.25) is 9.59 Å². The predicted molar refractivity (Wildman–Crippen MR) is 93.1 cm³/mol. The highest BCUT2D eigenvalue weighted by atomic mass is 16.5. The number of anilines is 1. The van der Waals surface area contributed by atoms with Crippen molar-refractivity contribution < 1.29 is 19.1 Å². The molecule has 2 aliphatic rings. The smallest absolute Gasteiger partial charge is 0.338 e. The van der Waals surface area contributed by atoms with Crippen molar-refractivity contribution in [1.29, 1.82) is 0 Å². The first-order chi connectivity index (χ1) is 12.1. The van der Waals surface area contributed by atoms with Gasteiger partial charge in [-0.2, -0.15) is 0 Å². The molecule has 2 amide bonds. The number of hydrogen-bond acceptors (Lipinski definition) is 4. The van der Waals surface area contributed by atoms with Crippen LogP contribution in [0.5, 0.6) is 0 Å². The number of carbonyl (C=O) groups is 3. The minimum absolute atomic E-state index is 0.123. The van der Waals surface area contributed by atoms with Crippen molar-refractivity contribution in [2.75, 3.05) is 25.0 Å². The Morgan fingerprint density at radius 3 is 2.40 bits per heavy atom. The lowest BCUT2D eigenvalue weighted by Crippen LogP contribution is -2.37. The number of benzene rings is 1. The van der Waals surface area contributed by atoms with Crippen LogP contribution in [0.15, 0.2) is 24.3 Å². The number of likely N-dealkylation sites (tertiary alicyclic amines) is 1. The van der Waals surface area contributed by atoms with E-state index in [1.54, 1.807) is 31.2 Å². The summed E-state index contributed by atoms with van der Waals surface area (Å²) < 4.78 is 4.93. The van der Waals surface area contributed by atoms with Crippen molar-refractivity contribution in [3.05, 3.63) is 29.8 Å². The summed E-state index contributed by atoms with van der Waals surface area (Å²) in [6, 6.07) is 6.59. The molecule has 1 aliphatic carbocycles. The van der Waals surface area contributed by atoms with Gasteiger partial charge in [-0.15, -0.1) is 0 Å². The molecular weight excluding hydrogens is 320 g/mol. The van der Waals surface area contributed by atoms with Gasteiger partial charge in [0.15, 0.2) is 0 Å². The fourth-order valence-corrected chi connectivity index (χ4v) is 3.25. The van der Waals surface area contributed by atoms with Gasteiger partial charge in [0.1, 0.15) is 0 Å². The van der Waals surface area contributed by atoms with Gasteiger partial charge in [0, 0.05) is 18.8 Å². The number of nitrogens with one attached hydrogen (secondary N) is 1. The second-order valence-corrected chi connectivity index (χ2v) is 6.62. The first-order valence-electron chi connectivity index (χ1n) is 8.97. The average Bonchev–Trinajstić information content (AvgIpc) is 3.43. The van der Waals surface area contributed by atoms with Crippen LogP contribution >= 0.6 is 0 Å². The molecule has 25 heavy (non-hydrogen) atoms. The lowest BCUT2D eigenvalue weighted by molar-refractivity contribution is -0.134. The molecule has 1 aromatic carbocycles. The summed E-state index contributed by atoms with van der Waals surface area (Å²) in [7, 11) is 0. The molecule has 2 unspecified atom stereocenters. The summed E-state index contributed by atoms with van der Waals surface area (Å²) in [5.74, 6) is -0.789. The maximum atomic E-state index is 12.4. The van der Waals surface area contributed by atoms with Crippen LogP contribution in [0, 0.1) is 11.8 Å². The average molecular weight is 344 g/mol. The molecule has 6 nitrogen and oxygen atoms in total. The summed E-state index contributed by atoms with van der Waals surface area (Å²) in [5, 5.41) is 2.83. The Hall–Kier alpha value is -2.37. The minimum Gasteiger partial charge on any atom is -0.462 e. The van der Waals surface area contributed by atoms with E-state index in [1.165, 1.54) is 6.42 Å². The third kappa shape index (κ3) is 4.18. The van der Waals surface area contributed by atoms with Gasteiger partial charge in [0.2, 0.25) is 11.8 Å². The molecule has 2 fully saturated rings. The molecule has 0 bridgehead atoms. The molecule has 1 saturated carbocycles. The SMILES string of the molecule is CCOC(=O)c1ccc(NC(=O)C2CC2C(=O)N2CCCCC2)cc1. The van der Waals surface area contributed by atoms with Gasteiger partial charge < -0.3 is 15.0 Å². The van der Waals surface area contributed by atoms with Crippen molar-refractivity contribution >= 4 is 23.5 Å². The van der Waals surface area contributed by atoms with Crippen LogP contribution in [0.25, 0.3) is 0 Å². The maximum Gasteiger partial charge on any atom is 0.338 e. The Balaban J connectivity index is 1.51. The summed E-state index contributed by atoms with van der Waals surface area (Å²) in [6.07, 6.45) is 3.92. The van der Waals surface area contributed by atoms with Crippen molar-refractivity contribution in [1.82, 2.24) is 4.90 Å². The van der Waals surface area contributed by atoms with Crippen LogP contribution < -0.4 is 5.32 Å². The lowest BCUT2D eigenvalue weighted by atomic mass is 10.1. The van der Waals surface area contributed by atoms with Crippen LogP contribution in [-0.2, 0) is 14.3 Å². The fourth-order valence-electron chi connectivity index (χ4n) is 3.25. The van der Waals surface area contributed by atoms with Gasteiger partial charge in [0.05, 0.1) is 24.0 Å². The summed E-state index contributed by atoms with van der Waals surface area (Å²) >= 11 is 0. The first kappa shape index (κ1) is 17.5. The van der Waals surface area contributed by atoms with E-state index in [2.05, 4.69) is 5.32 Å². The topological polar surface area (TPSA) is 75.7 Å². The number of hydrogen-bond donors (Lipinski definition) is 1. The van der Waals surface area contributed by atoms with Crippen LogP contribution in [0.2, 0.25) is 0 Å². The molecule has 134 valence electrons. The Morgan fingerprint density at radius 2 is 1.76 bits per heavy atom. The number of amides is 2. The standard InChI is InChI=1S/C19H24N2O4/c1-2-25-19(24)13-6-8-14(9-7-13)20-17(22)15-12-16(15)18(23)21-10-4-3-5-11-21/h6-9,15-16H,2-5,10-12H2,1H3,(H,20,22). The molecule has 0 aromatic heterocycles. The monoisotopic (exact) mass is 344 g/mol. The maximum absolute atomic E-state index is 12.4. The molecule has 3 rings (SSSR count). The lowest BCUT2D eigenvalue weighted by Gasteiger charge is -2.26. The molecule has 2 atom stereocenters. The largest absolute Gasteiger partial charge is 0.462 e. The highest BCUT2D eigenvalue weighted by Gasteiger charge is 2.49. The fraction of sp³-hybridized carbons (Fsp3) is 0.526. The molecule has 1 N–H and O–H groups in total. The molecule has 1 aromatic rings. The zero-order valence-corrected chi connectivity index (χ0v) is 14.5. The Labute approximate surface area is 147 Å². The van der Waals surface area contributed by atoms with Crippen molar-refractivity contribution in [3.8, 4) is 0 Å². The van der Waals surface area contributed by atoms with Gasteiger partial charge >= 0.3 is 5.97 Å². The van der Waals surface area contributed by atoms with Gasteiger partial charge in [-0.05, 0) is 56.9 Å². The van der Waals surface area contributed by atoms with E-state index in [4.69, 9.17) is 4.74 Å². The van der Waals surface area contributed by atoms with Gasteiger partial charge in [-0.1, -0.05) is 0 Å². The number of esters is 1. The van der Waals surface area contributed by atoms with Crippen LogP contribution in [0.3, 0.4) is 0 Å². The molecule has 1 saturated heterocycles. The number of nitrogens with zero attached hydrogens (tertiary/aromatic N) is 1. The molecular formula is C19H24N2O4.